The fourth-order valence-corrected chi connectivity index (χ4v) is 3.01. The molecule has 134 valence electrons. The summed E-state index contributed by atoms with van der Waals surface area (Å²) in [4.78, 5) is 11.5. The number of anilines is 1. The third-order valence-electron chi connectivity index (χ3n) is 4.56. The lowest BCUT2D eigenvalue weighted by Crippen LogP contribution is -2.47. The van der Waals surface area contributed by atoms with Gasteiger partial charge in [0.25, 0.3) is 0 Å². The van der Waals surface area contributed by atoms with Crippen LogP contribution in [0.3, 0.4) is 0 Å². The molecule has 1 aliphatic rings. The first-order chi connectivity index (χ1) is 12.2. The minimum absolute atomic E-state index is 0.750. The molecule has 0 bridgehead atoms. The van der Waals surface area contributed by atoms with Crippen LogP contribution >= 0.6 is 0 Å². The van der Waals surface area contributed by atoms with Crippen molar-refractivity contribution in [1.82, 2.24) is 14.8 Å². The number of pyridine rings is 1. The number of hydrogen-bond acceptors (Lipinski definition) is 5. The van der Waals surface area contributed by atoms with E-state index in [1.807, 2.05) is 55.5 Å². The number of rotatable bonds is 7. The van der Waals surface area contributed by atoms with Gasteiger partial charge in [0.2, 0.25) is 0 Å². The number of piperazine rings is 1. The molecule has 0 radical (unpaired) electrons. The summed E-state index contributed by atoms with van der Waals surface area (Å²) in [5.74, 6) is 1.96. The average molecular weight is 340 g/mol. The molecule has 0 spiro atoms. The number of hydrogen-bond donors (Lipinski definition) is 0. The van der Waals surface area contributed by atoms with E-state index in [2.05, 4.69) is 26.9 Å². The maximum absolute atomic E-state index is 5.79. The fourth-order valence-electron chi connectivity index (χ4n) is 3.01. The Hall–Kier alpha value is -2.11. The van der Waals surface area contributed by atoms with Crippen molar-refractivity contribution in [2.75, 3.05) is 58.3 Å². The third kappa shape index (κ3) is 5.44. The molecular weight excluding hydrogens is 312 g/mol. The van der Waals surface area contributed by atoms with E-state index < -0.39 is 0 Å². The van der Waals surface area contributed by atoms with E-state index in [-0.39, 0.29) is 0 Å². The second-order valence-corrected chi connectivity index (χ2v) is 6.70. The molecule has 1 saturated heterocycles. The van der Waals surface area contributed by atoms with Gasteiger partial charge in [-0.3, -0.25) is 9.80 Å². The van der Waals surface area contributed by atoms with Crippen molar-refractivity contribution >= 4 is 5.82 Å². The Labute approximate surface area is 150 Å². The monoisotopic (exact) mass is 340 g/mol. The second-order valence-electron chi connectivity index (χ2n) is 6.70. The van der Waals surface area contributed by atoms with Crippen LogP contribution in [0.5, 0.6) is 5.75 Å². The lowest BCUT2D eigenvalue weighted by Gasteiger charge is -2.34. The van der Waals surface area contributed by atoms with E-state index >= 15 is 0 Å². The maximum Gasteiger partial charge on any atom is 0.127 e. The normalized spacial score (nSPS) is 15.9. The van der Waals surface area contributed by atoms with Crippen LogP contribution in [0.25, 0.3) is 0 Å². The SMILES string of the molecule is CN(C)c1ccc(CN2CCN(CCOc3ccccc3)CC2)cn1. The van der Waals surface area contributed by atoms with E-state index in [1.54, 1.807) is 0 Å². The summed E-state index contributed by atoms with van der Waals surface area (Å²) in [6.45, 7) is 7.11. The molecule has 2 heterocycles. The van der Waals surface area contributed by atoms with Crippen molar-refractivity contribution in [2.45, 2.75) is 6.54 Å². The van der Waals surface area contributed by atoms with Crippen molar-refractivity contribution < 1.29 is 4.74 Å². The fraction of sp³-hybridized carbons (Fsp3) is 0.450. The Morgan fingerprint density at radius 1 is 0.960 bits per heavy atom. The van der Waals surface area contributed by atoms with Crippen LogP contribution in [0, 0.1) is 0 Å². The second kappa shape index (κ2) is 8.83. The van der Waals surface area contributed by atoms with Gasteiger partial charge >= 0.3 is 0 Å². The van der Waals surface area contributed by atoms with Gasteiger partial charge in [0.1, 0.15) is 18.2 Å². The maximum atomic E-state index is 5.79. The zero-order chi connectivity index (χ0) is 17.5. The largest absolute Gasteiger partial charge is 0.492 e. The van der Waals surface area contributed by atoms with Crippen LogP contribution in [0.15, 0.2) is 48.7 Å². The van der Waals surface area contributed by atoms with Crippen LogP contribution in [0.2, 0.25) is 0 Å². The number of nitrogens with zero attached hydrogens (tertiary/aromatic N) is 4. The molecule has 1 aliphatic heterocycles. The van der Waals surface area contributed by atoms with Gasteiger partial charge in [0, 0.05) is 59.6 Å². The van der Waals surface area contributed by atoms with E-state index in [4.69, 9.17) is 4.74 Å². The van der Waals surface area contributed by atoms with E-state index in [0.717, 1.165) is 57.4 Å². The van der Waals surface area contributed by atoms with Gasteiger partial charge in [0.15, 0.2) is 0 Å². The topological polar surface area (TPSA) is 31.8 Å². The lowest BCUT2D eigenvalue weighted by molar-refractivity contribution is 0.112. The molecule has 0 N–H and O–H groups in total. The van der Waals surface area contributed by atoms with Gasteiger partial charge < -0.3 is 9.64 Å². The molecule has 0 saturated carbocycles. The van der Waals surface area contributed by atoms with Gasteiger partial charge in [0.05, 0.1) is 0 Å². The summed E-state index contributed by atoms with van der Waals surface area (Å²) in [6, 6.07) is 14.3. The Morgan fingerprint density at radius 2 is 1.68 bits per heavy atom. The van der Waals surface area contributed by atoms with Gasteiger partial charge in [-0.25, -0.2) is 4.98 Å². The molecule has 0 aliphatic carbocycles. The zero-order valence-corrected chi connectivity index (χ0v) is 15.3. The first-order valence-corrected chi connectivity index (χ1v) is 8.95. The quantitative estimate of drug-likeness (QED) is 0.772. The number of aromatic nitrogens is 1. The number of benzene rings is 1. The van der Waals surface area contributed by atoms with Gasteiger partial charge in [-0.1, -0.05) is 24.3 Å². The molecule has 25 heavy (non-hydrogen) atoms. The highest BCUT2D eigenvalue weighted by Gasteiger charge is 2.17. The summed E-state index contributed by atoms with van der Waals surface area (Å²) in [7, 11) is 4.03. The minimum atomic E-state index is 0.750. The smallest absolute Gasteiger partial charge is 0.127 e. The van der Waals surface area contributed by atoms with Crippen molar-refractivity contribution in [2.24, 2.45) is 0 Å². The molecule has 2 aromatic rings. The Kier molecular flexibility index (Phi) is 6.25. The summed E-state index contributed by atoms with van der Waals surface area (Å²) >= 11 is 0. The summed E-state index contributed by atoms with van der Waals surface area (Å²) in [5.41, 5.74) is 1.28. The predicted molar refractivity (Wildman–Crippen MR) is 102 cm³/mol. The van der Waals surface area contributed by atoms with Crippen LogP contribution in [0.1, 0.15) is 5.56 Å². The van der Waals surface area contributed by atoms with Gasteiger partial charge in [-0.05, 0) is 23.8 Å². The third-order valence-corrected chi connectivity index (χ3v) is 4.56. The molecular formula is C20H28N4O. The van der Waals surface area contributed by atoms with Crippen LogP contribution in [-0.4, -0.2) is 68.2 Å². The van der Waals surface area contributed by atoms with Gasteiger partial charge in [-0.15, -0.1) is 0 Å². The van der Waals surface area contributed by atoms with Crippen molar-refractivity contribution in [1.29, 1.82) is 0 Å². The van der Waals surface area contributed by atoms with Crippen molar-refractivity contribution in [3.05, 3.63) is 54.2 Å². The van der Waals surface area contributed by atoms with Gasteiger partial charge in [-0.2, -0.15) is 0 Å². The molecule has 3 rings (SSSR count). The first-order valence-electron chi connectivity index (χ1n) is 8.95. The molecule has 0 amide bonds. The minimum Gasteiger partial charge on any atom is -0.492 e. The van der Waals surface area contributed by atoms with Crippen LogP contribution < -0.4 is 9.64 Å². The average Bonchev–Trinajstić information content (AvgIpc) is 2.64. The molecule has 5 nitrogen and oxygen atoms in total. The van der Waals surface area contributed by atoms with Crippen LogP contribution in [0.4, 0.5) is 5.82 Å². The summed E-state index contributed by atoms with van der Waals surface area (Å²) in [5, 5.41) is 0. The summed E-state index contributed by atoms with van der Waals surface area (Å²) < 4.78 is 5.79. The highest BCUT2D eigenvalue weighted by atomic mass is 16.5. The summed E-state index contributed by atoms with van der Waals surface area (Å²) in [6.07, 6.45) is 2.00. The molecule has 1 aromatic heterocycles. The Morgan fingerprint density at radius 3 is 2.32 bits per heavy atom. The van der Waals surface area contributed by atoms with Crippen LogP contribution in [-0.2, 0) is 6.54 Å². The first kappa shape index (κ1) is 17.7. The molecule has 0 unspecified atom stereocenters. The zero-order valence-electron chi connectivity index (χ0n) is 15.3. The van der Waals surface area contributed by atoms with Crippen molar-refractivity contribution in [3.63, 3.8) is 0 Å². The lowest BCUT2D eigenvalue weighted by atomic mass is 10.2. The van der Waals surface area contributed by atoms with E-state index in [1.165, 1.54) is 5.56 Å². The highest BCUT2D eigenvalue weighted by molar-refractivity contribution is 5.37. The molecule has 5 heteroatoms. The molecule has 0 atom stereocenters. The standard InChI is InChI=1S/C20H28N4O/c1-22(2)20-9-8-18(16-21-20)17-24-12-10-23(11-13-24)14-15-25-19-6-4-3-5-7-19/h3-9,16H,10-15,17H2,1-2H3. The van der Waals surface area contributed by atoms with E-state index in [0.29, 0.717) is 0 Å². The Bertz CT molecular complexity index is 622. The van der Waals surface area contributed by atoms with Crippen molar-refractivity contribution in [3.8, 4) is 5.75 Å². The number of ether oxygens (including phenoxy) is 1. The van der Waals surface area contributed by atoms with E-state index in [9.17, 15) is 0 Å². The molecule has 1 fully saturated rings. The Balaban J connectivity index is 1.37. The highest BCUT2D eigenvalue weighted by Crippen LogP contribution is 2.12. The number of para-hydroxylation sites is 1. The predicted octanol–water partition coefficient (Wildman–Crippen LogP) is 2.34. The molecule has 1 aromatic carbocycles.